The van der Waals surface area contributed by atoms with Crippen LogP contribution in [0, 0.1) is 24.2 Å². The number of hydrogen-bond donors (Lipinski definition) is 0. The van der Waals surface area contributed by atoms with Crippen molar-refractivity contribution in [2.24, 2.45) is 5.92 Å². The van der Waals surface area contributed by atoms with E-state index in [-0.39, 0.29) is 11.7 Å². The lowest BCUT2D eigenvalue weighted by Gasteiger charge is -2.35. The molecule has 1 aromatic rings. The van der Waals surface area contributed by atoms with Gasteiger partial charge < -0.3 is 4.90 Å². The maximum atomic E-state index is 12.7. The summed E-state index contributed by atoms with van der Waals surface area (Å²) in [6.45, 7) is 1.91. The molecule has 2 atom stereocenters. The first-order valence-corrected chi connectivity index (χ1v) is 7.37. The van der Waals surface area contributed by atoms with E-state index in [1.807, 2.05) is 19.1 Å². The monoisotopic (exact) mass is 268 g/mol. The molecule has 0 aromatic heterocycles. The summed E-state index contributed by atoms with van der Waals surface area (Å²) in [4.78, 5) is 15.1. The minimum Gasteiger partial charge on any atom is -0.300 e. The van der Waals surface area contributed by atoms with Crippen LogP contribution in [0.2, 0.25) is 0 Å². The Morgan fingerprint density at radius 1 is 1.30 bits per heavy atom. The normalized spacial score (nSPS) is 29.1. The Bertz CT molecular complexity index is 573. The number of fused-ring (bicyclic) bond motifs is 2. The Morgan fingerprint density at radius 2 is 1.95 bits per heavy atom. The number of nitriles is 1. The Labute approximate surface area is 120 Å². The summed E-state index contributed by atoms with van der Waals surface area (Å²) in [5, 5.41) is 9.10. The van der Waals surface area contributed by atoms with Crippen molar-refractivity contribution in [2.45, 2.75) is 44.7 Å². The Balaban J connectivity index is 1.82. The van der Waals surface area contributed by atoms with E-state index in [9.17, 15) is 4.79 Å². The van der Waals surface area contributed by atoms with Gasteiger partial charge in [0.1, 0.15) is 0 Å². The number of carbonyl (C=O) groups is 1. The van der Waals surface area contributed by atoms with Crippen molar-refractivity contribution >= 4 is 5.78 Å². The van der Waals surface area contributed by atoms with Gasteiger partial charge in [-0.2, -0.15) is 5.26 Å². The van der Waals surface area contributed by atoms with Gasteiger partial charge >= 0.3 is 0 Å². The number of benzene rings is 1. The van der Waals surface area contributed by atoms with Crippen LogP contribution in [0.3, 0.4) is 0 Å². The second-order valence-corrected chi connectivity index (χ2v) is 6.22. The molecule has 0 radical (unpaired) electrons. The first-order valence-electron chi connectivity index (χ1n) is 7.37. The molecule has 0 amide bonds. The lowest BCUT2D eigenvalue weighted by Crippen LogP contribution is -2.42. The van der Waals surface area contributed by atoms with E-state index in [0.29, 0.717) is 23.2 Å². The number of ketones is 1. The first-order chi connectivity index (χ1) is 9.60. The molecule has 0 aliphatic carbocycles. The third-order valence-electron chi connectivity index (χ3n) is 5.11. The fourth-order valence-electron chi connectivity index (χ4n) is 3.76. The largest absolute Gasteiger partial charge is 0.300 e. The highest BCUT2D eigenvalue weighted by Crippen LogP contribution is 2.38. The summed E-state index contributed by atoms with van der Waals surface area (Å²) < 4.78 is 0. The molecule has 20 heavy (non-hydrogen) atoms. The molecule has 0 saturated carbocycles. The van der Waals surface area contributed by atoms with Crippen LogP contribution in [0.1, 0.15) is 47.2 Å². The average molecular weight is 268 g/mol. The molecule has 1 aromatic carbocycles. The zero-order valence-corrected chi connectivity index (χ0v) is 12.1. The molecule has 3 nitrogen and oxygen atoms in total. The highest BCUT2D eigenvalue weighted by Gasteiger charge is 2.40. The average Bonchev–Trinajstić information content (AvgIpc) is 2.68. The highest BCUT2D eigenvalue weighted by atomic mass is 16.1. The van der Waals surface area contributed by atoms with Crippen LogP contribution in [0.25, 0.3) is 0 Å². The summed E-state index contributed by atoms with van der Waals surface area (Å²) in [6, 6.07) is 8.84. The fourth-order valence-corrected chi connectivity index (χ4v) is 3.76. The van der Waals surface area contributed by atoms with Gasteiger partial charge in [0, 0.05) is 23.6 Å². The van der Waals surface area contributed by atoms with Gasteiger partial charge in [0.2, 0.25) is 0 Å². The van der Waals surface area contributed by atoms with Gasteiger partial charge in [-0.15, -0.1) is 0 Å². The molecule has 3 heteroatoms. The first kappa shape index (κ1) is 13.3. The molecular weight excluding hydrogens is 248 g/mol. The summed E-state index contributed by atoms with van der Waals surface area (Å²) in [6.07, 6.45) is 4.40. The van der Waals surface area contributed by atoms with Crippen molar-refractivity contribution in [2.75, 3.05) is 7.05 Å². The molecule has 2 unspecified atom stereocenters. The Kier molecular flexibility index (Phi) is 3.35. The number of carbonyl (C=O) groups excluding carboxylic acids is 1. The van der Waals surface area contributed by atoms with Gasteiger partial charge in [0.05, 0.1) is 11.6 Å². The molecule has 2 aliphatic heterocycles. The minimum absolute atomic E-state index is 0.137. The zero-order chi connectivity index (χ0) is 14.3. The number of hydrogen-bond acceptors (Lipinski definition) is 3. The second kappa shape index (κ2) is 5.03. The molecule has 0 N–H and O–H groups in total. The van der Waals surface area contributed by atoms with Gasteiger partial charge in [-0.3, -0.25) is 4.79 Å². The van der Waals surface area contributed by atoms with Crippen LogP contribution in [-0.2, 0) is 0 Å². The third kappa shape index (κ3) is 2.14. The van der Waals surface area contributed by atoms with Gasteiger partial charge in [-0.25, -0.2) is 0 Å². The van der Waals surface area contributed by atoms with Gasteiger partial charge in [0.25, 0.3) is 0 Å². The highest BCUT2D eigenvalue weighted by molar-refractivity contribution is 5.98. The zero-order valence-electron chi connectivity index (χ0n) is 12.1. The minimum atomic E-state index is 0.137. The number of Topliss-reactive ketones (excluding diaryl/α,β-unsaturated/α-hetero) is 1. The van der Waals surface area contributed by atoms with Gasteiger partial charge in [0.15, 0.2) is 5.78 Å². The summed E-state index contributed by atoms with van der Waals surface area (Å²) in [7, 11) is 2.18. The van der Waals surface area contributed by atoms with Gasteiger partial charge in [-0.05, 0) is 51.3 Å². The van der Waals surface area contributed by atoms with E-state index in [1.54, 1.807) is 6.07 Å². The number of rotatable bonds is 2. The Morgan fingerprint density at radius 3 is 2.55 bits per heavy atom. The van der Waals surface area contributed by atoms with Crippen molar-refractivity contribution in [3.05, 3.63) is 34.9 Å². The fraction of sp³-hybridized carbons (Fsp3) is 0.529. The SMILES string of the molecule is Cc1ccc(C(=O)C2CC3CCC(C2)N3C)cc1C#N. The molecule has 2 aliphatic rings. The number of aryl methyl sites for hydroxylation is 1. The molecular formula is C17H20N2O. The summed E-state index contributed by atoms with van der Waals surface area (Å²) in [5.74, 6) is 0.365. The standard InChI is InChI=1S/C17H20N2O/c1-11-3-4-12(7-14(11)10-18)17(20)13-8-15-5-6-16(9-13)19(15)2/h3-4,7,13,15-16H,5-6,8-9H2,1-2H3. The molecule has 0 spiro atoms. The van der Waals surface area contributed by atoms with Crippen molar-refractivity contribution in [3.63, 3.8) is 0 Å². The van der Waals surface area contributed by atoms with Crippen molar-refractivity contribution in [1.82, 2.24) is 4.90 Å². The molecule has 2 heterocycles. The van der Waals surface area contributed by atoms with E-state index in [4.69, 9.17) is 5.26 Å². The van der Waals surface area contributed by atoms with E-state index >= 15 is 0 Å². The maximum Gasteiger partial charge on any atom is 0.166 e. The molecule has 2 saturated heterocycles. The van der Waals surface area contributed by atoms with E-state index in [2.05, 4.69) is 18.0 Å². The van der Waals surface area contributed by atoms with E-state index < -0.39 is 0 Å². The lowest BCUT2D eigenvalue weighted by atomic mass is 9.84. The number of nitrogens with zero attached hydrogens (tertiary/aromatic N) is 2. The lowest BCUT2D eigenvalue weighted by molar-refractivity contribution is 0.0767. The molecule has 2 fully saturated rings. The van der Waals surface area contributed by atoms with Crippen LogP contribution in [0.4, 0.5) is 0 Å². The quantitative estimate of drug-likeness (QED) is 0.775. The third-order valence-corrected chi connectivity index (χ3v) is 5.11. The predicted octanol–water partition coefficient (Wildman–Crippen LogP) is 2.92. The van der Waals surface area contributed by atoms with Crippen molar-refractivity contribution < 1.29 is 4.79 Å². The predicted molar refractivity (Wildman–Crippen MR) is 77.5 cm³/mol. The molecule has 3 rings (SSSR count). The van der Waals surface area contributed by atoms with Crippen LogP contribution in [0.15, 0.2) is 18.2 Å². The second-order valence-electron chi connectivity index (χ2n) is 6.22. The van der Waals surface area contributed by atoms with E-state index in [1.165, 1.54) is 12.8 Å². The smallest absolute Gasteiger partial charge is 0.166 e. The maximum absolute atomic E-state index is 12.7. The van der Waals surface area contributed by atoms with Crippen molar-refractivity contribution in [3.8, 4) is 6.07 Å². The van der Waals surface area contributed by atoms with Crippen LogP contribution < -0.4 is 0 Å². The van der Waals surface area contributed by atoms with Crippen LogP contribution >= 0.6 is 0 Å². The summed E-state index contributed by atoms with van der Waals surface area (Å²) >= 11 is 0. The topological polar surface area (TPSA) is 44.1 Å². The van der Waals surface area contributed by atoms with E-state index in [0.717, 1.165) is 18.4 Å². The molecule has 2 bridgehead atoms. The van der Waals surface area contributed by atoms with Crippen LogP contribution in [0.5, 0.6) is 0 Å². The van der Waals surface area contributed by atoms with Crippen molar-refractivity contribution in [1.29, 1.82) is 5.26 Å². The Hall–Kier alpha value is -1.66. The number of piperidine rings is 1. The van der Waals surface area contributed by atoms with Crippen LogP contribution in [-0.4, -0.2) is 29.8 Å². The van der Waals surface area contributed by atoms with Gasteiger partial charge in [-0.1, -0.05) is 12.1 Å². The summed E-state index contributed by atoms with van der Waals surface area (Å²) in [5.41, 5.74) is 2.26. The molecule has 104 valence electrons.